The van der Waals surface area contributed by atoms with Crippen LogP contribution in [0.1, 0.15) is 5.76 Å². The van der Waals surface area contributed by atoms with Gasteiger partial charge in [0.2, 0.25) is 11.8 Å². The van der Waals surface area contributed by atoms with Gasteiger partial charge in [0.25, 0.3) is 0 Å². The van der Waals surface area contributed by atoms with E-state index in [9.17, 15) is 9.59 Å². The summed E-state index contributed by atoms with van der Waals surface area (Å²) in [6, 6.07) is 12.9. The molecule has 4 atom stereocenters. The molecule has 3 aliphatic heterocycles. The molecule has 5 rings (SSSR count). The van der Waals surface area contributed by atoms with Gasteiger partial charge in [0.05, 0.1) is 37.3 Å². The highest BCUT2D eigenvalue weighted by atomic mass is 16.5. The van der Waals surface area contributed by atoms with Gasteiger partial charge in [0.1, 0.15) is 11.4 Å². The number of carbonyl (C=O) groups excluding carboxylic acids is 2. The molecule has 0 radical (unpaired) electrons. The predicted molar refractivity (Wildman–Crippen MR) is 92.9 cm³/mol. The number of nitrogens with one attached hydrogen (secondary N) is 1. The SMILES string of the molecule is O=C(Nc1ccccc1)C1C2C(=O)N(Cc3ccco3)CC23C=C[C@H]1O3. The van der Waals surface area contributed by atoms with Crippen molar-refractivity contribution in [1.82, 2.24) is 4.90 Å². The minimum absolute atomic E-state index is 0.0542. The summed E-state index contributed by atoms with van der Waals surface area (Å²) in [7, 11) is 0. The third kappa shape index (κ3) is 2.22. The van der Waals surface area contributed by atoms with E-state index in [1.807, 2.05) is 48.6 Å². The Bertz CT molecular complexity index is 876. The normalized spacial score (nSPS) is 31.5. The molecule has 6 heteroatoms. The minimum Gasteiger partial charge on any atom is -0.467 e. The zero-order valence-corrected chi connectivity index (χ0v) is 14.0. The molecule has 4 heterocycles. The van der Waals surface area contributed by atoms with Crippen LogP contribution in [0, 0.1) is 11.8 Å². The van der Waals surface area contributed by atoms with Crippen molar-refractivity contribution in [2.45, 2.75) is 18.2 Å². The van der Waals surface area contributed by atoms with E-state index in [2.05, 4.69) is 5.32 Å². The van der Waals surface area contributed by atoms with Gasteiger partial charge in [-0.3, -0.25) is 9.59 Å². The van der Waals surface area contributed by atoms with Gasteiger partial charge in [0, 0.05) is 5.69 Å². The molecule has 0 aliphatic carbocycles. The van der Waals surface area contributed by atoms with Gasteiger partial charge in [-0.2, -0.15) is 0 Å². The fraction of sp³-hybridized carbons (Fsp3) is 0.300. The van der Waals surface area contributed by atoms with Gasteiger partial charge in [-0.15, -0.1) is 0 Å². The molecule has 3 aliphatic rings. The first kappa shape index (κ1) is 15.4. The van der Waals surface area contributed by atoms with Crippen molar-refractivity contribution in [1.29, 1.82) is 0 Å². The summed E-state index contributed by atoms with van der Waals surface area (Å²) in [5, 5.41) is 2.92. The Balaban J connectivity index is 1.40. The number of hydrogen-bond donors (Lipinski definition) is 1. The van der Waals surface area contributed by atoms with E-state index >= 15 is 0 Å². The minimum atomic E-state index is -0.701. The molecular weight excluding hydrogens is 332 g/mol. The number of furan rings is 1. The van der Waals surface area contributed by atoms with Gasteiger partial charge in [-0.25, -0.2) is 0 Å². The van der Waals surface area contributed by atoms with Gasteiger partial charge in [-0.1, -0.05) is 30.4 Å². The Morgan fingerprint density at radius 1 is 1.23 bits per heavy atom. The lowest BCUT2D eigenvalue weighted by Gasteiger charge is -2.23. The zero-order valence-electron chi connectivity index (χ0n) is 14.0. The Morgan fingerprint density at radius 3 is 2.85 bits per heavy atom. The van der Waals surface area contributed by atoms with Crippen LogP contribution in [0.4, 0.5) is 5.69 Å². The summed E-state index contributed by atoms with van der Waals surface area (Å²) in [5.74, 6) is -0.517. The summed E-state index contributed by atoms with van der Waals surface area (Å²) in [4.78, 5) is 27.7. The molecule has 6 nitrogen and oxygen atoms in total. The molecule has 2 bridgehead atoms. The first-order valence-corrected chi connectivity index (χ1v) is 8.71. The number of anilines is 1. The highest BCUT2D eigenvalue weighted by Gasteiger charge is 2.66. The number of benzene rings is 1. The van der Waals surface area contributed by atoms with Gasteiger partial charge in [-0.05, 0) is 24.3 Å². The maximum Gasteiger partial charge on any atom is 0.231 e. The zero-order chi connectivity index (χ0) is 17.7. The Morgan fingerprint density at radius 2 is 2.08 bits per heavy atom. The van der Waals surface area contributed by atoms with E-state index in [-0.39, 0.29) is 17.9 Å². The number of hydrogen-bond acceptors (Lipinski definition) is 4. The molecule has 2 fully saturated rings. The average Bonchev–Trinajstić information content (AvgIpc) is 3.39. The van der Waals surface area contributed by atoms with Gasteiger partial charge >= 0.3 is 0 Å². The average molecular weight is 350 g/mol. The lowest BCUT2D eigenvalue weighted by atomic mass is 9.77. The monoisotopic (exact) mass is 350 g/mol. The fourth-order valence-electron chi connectivity index (χ4n) is 4.35. The van der Waals surface area contributed by atoms with Crippen molar-refractivity contribution in [2.24, 2.45) is 11.8 Å². The number of likely N-dealkylation sites (tertiary alicyclic amines) is 1. The number of amides is 2. The lowest BCUT2D eigenvalue weighted by molar-refractivity contribution is -0.136. The maximum absolute atomic E-state index is 13.1. The van der Waals surface area contributed by atoms with Gasteiger partial charge < -0.3 is 19.4 Å². The molecule has 132 valence electrons. The summed E-state index contributed by atoms with van der Waals surface area (Å²) in [6.45, 7) is 0.832. The van der Waals surface area contributed by atoms with E-state index in [4.69, 9.17) is 9.15 Å². The number of ether oxygens (including phenoxy) is 1. The summed E-state index contributed by atoms with van der Waals surface area (Å²) in [5.41, 5.74) is 0.0173. The second-order valence-corrected chi connectivity index (χ2v) is 7.03. The molecular formula is C20H18N2O4. The van der Waals surface area contributed by atoms with E-state index in [0.717, 1.165) is 11.4 Å². The molecule has 1 spiro atoms. The maximum atomic E-state index is 13.1. The van der Waals surface area contributed by atoms with Crippen molar-refractivity contribution in [2.75, 3.05) is 11.9 Å². The molecule has 2 aromatic rings. The number of fused-ring (bicyclic) bond motifs is 1. The first-order chi connectivity index (χ1) is 12.7. The van der Waals surface area contributed by atoms with Crippen LogP contribution in [0.3, 0.4) is 0 Å². The number of nitrogens with zero attached hydrogens (tertiary/aromatic N) is 1. The predicted octanol–water partition coefficient (Wildman–Crippen LogP) is 2.20. The number of para-hydroxylation sites is 1. The van der Waals surface area contributed by atoms with Crippen LogP contribution in [-0.2, 0) is 20.9 Å². The van der Waals surface area contributed by atoms with Crippen molar-refractivity contribution in [3.8, 4) is 0 Å². The standard InChI is InChI=1S/C20H18N2O4/c23-18(21-13-5-2-1-3-6-13)16-15-8-9-20(26-15)12-22(19(24)17(16)20)11-14-7-4-10-25-14/h1-10,15-17H,11-12H2,(H,21,23)/t15-,16?,17?,20?/m1/s1. The number of carbonyl (C=O) groups is 2. The quantitative estimate of drug-likeness (QED) is 0.858. The number of rotatable bonds is 4. The van der Waals surface area contributed by atoms with Crippen molar-refractivity contribution < 1.29 is 18.7 Å². The lowest BCUT2D eigenvalue weighted by Crippen LogP contribution is -2.41. The molecule has 0 saturated carbocycles. The second kappa shape index (κ2) is 5.57. The summed E-state index contributed by atoms with van der Waals surface area (Å²) >= 11 is 0. The van der Waals surface area contributed by atoms with Crippen LogP contribution in [0.5, 0.6) is 0 Å². The van der Waals surface area contributed by atoms with E-state index in [1.165, 1.54) is 0 Å². The fourth-order valence-corrected chi connectivity index (χ4v) is 4.35. The molecule has 2 saturated heterocycles. The molecule has 1 N–H and O–H groups in total. The molecule has 1 aromatic heterocycles. The Kier molecular flexibility index (Phi) is 3.30. The summed E-state index contributed by atoms with van der Waals surface area (Å²) < 4.78 is 11.5. The molecule has 3 unspecified atom stereocenters. The Hall–Kier alpha value is -2.86. The van der Waals surface area contributed by atoms with Crippen LogP contribution in [0.2, 0.25) is 0 Å². The van der Waals surface area contributed by atoms with E-state index in [0.29, 0.717) is 13.1 Å². The van der Waals surface area contributed by atoms with Crippen LogP contribution >= 0.6 is 0 Å². The molecule has 2 amide bonds. The van der Waals surface area contributed by atoms with Crippen molar-refractivity contribution in [3.05, 3.63) is 66.6 Å². The van der Waals surface area contributed by atoms with E-state index < -0.39 is 17.4 Å². The van der Waals surface area contributed by atoms with Crippen LogP contribution in [-0.4, -0.2) is 35.0 Å². The molecule has 1 aromatic carbocycles. The third-order valence-electron chi connectivity index (χ3n) is 5.45. The van der Waals surface area contributed by atoms with Gasteiger partial charge in [0.15, 0.2) is 0 Å². The molecule has 26 heavy (non-hydrogen) atoms. The van der Waals surface area contributed by atoms with Crippen LogP contribution < -0.4 is 5.32 Å². The summed E-state index contributed by atoms with van der Waals surface area (Å²) in [6.07, 6.45) is 5.11. The Labute approximate surface area is 150 Å². The third-order valence-corrected chi connectivity index (χ3v) is 5.45. The topological polar surface area (TPSA) is 71.8 Å². The van der Waals surface area contributed by atoms with Crippen LogP contribution in [0.25, 0.3) is 0 Å². The van der Waals surface area contributed by atoms with Crippen molar-refractivity contribution >= 4 is 17.5 Å². The highest BCUT2D eigenvalue weighted by Crippen LogP contribution is 2.52. The van der Waals surface area contributed by atoms with Crippen LogP contribution in [0.15, 0.2) is 65.3 Å². The highest BCUT2D eigenvalue weighted by molar-refractivity contribution is 5.99. The smallest absolute Gasteiger partial charge is 0.231 e. The second-order valence-electron chi connectivity index (χ2n) is 7.03. The first-order valence-electron chi connectivity index (χ1n) is 8.71. The van der Waals surface area contributed by atoms with Crippen molar-refractivity contribution in [3.63, 3.8) is 0 Å². The van der Waals surface area contributed by atoms with E-state index in [1.54, 1.807) is 17.2 Å². The largest absolute Gasteiger partial charge is 0.467 e.